The highest BCUT2D eigenvalue weighted by atomic mass is 16.7. The van der Waals surface area contributed by atoms with Gasteiger partial charge in [0.1, 0.15) is 0 Å². The van der Waals surface area contributed by atoms with Crippen molar-refractivity contribution in [1.82, 2.24) is 5.32 Å². The first kappa shape index (κ1) is 14.6. The molecule has 1 unspecified atom stereocenters. The fourth-order valence-electron chi connectivity index (χ4n) is 3.17. The lowest BCUT2D eigenvalue weighted by Gasteiger charge is -2.37. The van der Waals surface area contributed by atoms with Crippen LogP contribution >= 0.6 is 0 Å². The molecule has 116 valence electrons. The van der Waals surface area contributed by atoms with E-state index in [-0.39, 0.29) is 18.9 Å². The molecule has 1 heterocycles. The Kier molecular flexibility index (Phi) is 4.33. The van der Waals surface area contributed by atoms with Gasteiger partial charge in [-0.1, -0.05) is 25.3 Å². The maximum absolute atomic E-state index is 10.4. The third-order valence-corrected chi connectivity index (χ3v) is 4.57. The minimum atomic E-state index is -0.621. The van der Waals surface area contributed by atoms with Crippen LogP contribution in [0.1, 0.15) is 43.8 Å². The Bertz CT molecular complexity index is 485. The molecule has 0 amide bonds. The van der Waals surface area contributed by atoms with Gasteiger partial charge < -0.3 is 25.0 Å². The number of aliphatic hydroxyl groups excluding tert-OH is 2. The molecule has 3 N–H and O–H groups in total. The lowest BCUT2D eigenvalue weighted by molar-refractivity contribution is 0.0943. The van der Waals surface area contributed by atoms with Gasteiger partial charge in [0.2, 0.25) is 6.79 Å². The second-order valence-electron chi connectivity index (χ2n) is 6.01. The van der Waals surface area contributed by atoms with Gasteiger partial charge in [-0.15, -0.1) is 0 Å². The lowest BCUT2D eigenvalue weighted by atomic mass is 9.82. The summed E-state index contributed by atoms with van der Waals surface area (Å²) in [5, 5.41) is 23.4. The van der Waals surface area contributed by atoms with Crippen LogP contribution in [0.3, 0.4) is 0 Å². The van der Waals surface area contributed by atoms with Gasteiger partial charge in [-0.2, -0.15) is 0 Å². The van der Waals surface area contributed by atoms with Crippen molar-refractivity contribution in [1.29, 1.82) is 0 Å². The van der Waals surface area contributed by atoms with E-state index in [4.69, 9.17) is 9.47 Å². The van der Waals surface area contributed by atoms with Crippen molar-refractivity contribution in [2.45, 2.75) is 43.7 Å². The normalized spacial score (nSPS) is 21.2. The molecule has 5 heteroatoms. The molecule has 1 aromatic rings. The molecule has 5 nitrogen and oxygen atoms in total. The maximum Gasteiger partial charge on any atom is 0.231 e. The van der Waals surface area contributed by atoms with Gasteiger partial charge in [-0.3, -0.25) is 0 Å². The fraction of sp³-hybridized carbons (Fsp3) is 0.625. The van der Waals surface area contributed by atoms with Gasteiger partial charge >= 0.3 is 0 Å². The first-order valence-electron chi connectivity index (χ1n) is 7.66. The third kappa shape index (κ3) is 3.15. The Hall–Kier alpha value is -1.30. The molecule has 3 rings (SSSR count). The van der Waals surface area contributed by atoms with Crippen LogP contribution in [0, 0.1) is 0 Å². The van der Waals surface area contributed by atoms with Crippen LogP contribution in [0.4, 0.5) is 0 Å². The predicted molar refractivity (Wildman–Crippen MR) is 78.4 cm³/mol. The second kappa shape index (κ2) is 6.22. The van der Waals surface area contributed by atoms with Crippen LogP contribution in [0.5, 0.6) is 11.5 Å². The molecule has 1 fully saturated rings. The third-order valence-electron chi connectivity index (χ3n) is 4.57. The zero-order valence-electron chi connectivity index (χ0n) is 12.2. The summed E-state index contributed by atoms with van der Waals surface area (Å²) in [4.78, 5) is 0. The smallest absolute Gasteiger partial charge is 0.231 e. The predicted octanol–water partition coefficient (Wildman–Crippen LogP) is 1.73. The number of hydrogen-bond donors (Lipinski definition) is 3. The van der Waals surface area contributed by atoms with Crippen molar-refractivity contribution >= 4 is 0 Å². The lowest BCUT2D eigenvalue weighted by Crippen LogP contribution is -2.51. The highest BCUT2D eigenvalue weighted by molar-refractivity contribution is 5.45. The number of ether oxygens (including phenoxy) is 2. The molecule has 1 aliphatic heterocycles. The standard InChI is InChI=1S/C16H23NO4/c18-10-16(6-2-1-3-7-16)17-9-13(19)12-4-5-14-15(8-12)21-11-20-14/h4-5,8,13,17-19H,1-3,6-7,9-11H2. The summed E-state index contributed by atoms with van der Waals surface area (Å²) in [7, 11) is 0. The molecule has 1 aliphatic carbocycles. The van der Waals surface area contributed by atoms with Crippen molar-refractivity contribution < 1.29 is 19.7 Å². The highest BCUT2D eigenvalue weighted by Gasteiger charge is 2.31. The van der Waals surface area contributed by atoms with E-state index in [1.165, 1.54) is 6.42 Å². The van der Waals surface area contributed by atoms with Crippen molar-refractivity contribution in [3.05, 3.63) is 23.8 Å². The zero-order chi connectivity index (χ0) is 14.7. The molecular weight excluding hydrogens is 270 g/mol. The van der Waals surface area contributed by atoms with Crippen LogP contribution < -0.4 is 14.8 Å². The van der Waals surface area contributed by atoms with Gasteiger partial charge in [0.15, 0.2) is 11.5 Å². The Morgan fingerprint density at radius 3 is 2.67 bits per heavy atom. The average Bonchev–Trinajstić information content (AvgIpc) is 3.01. The van der Waals surface area contributed by atoms with Gasteiger partial charge in [0.05, 0.1) is 12.7 Å². The van der Waals surface area contributed by atoms with Gasteiger partial charge in [-0.05, 0) is 30.5 Å². The number of β-amino-alcohol motifs (C(OH)–C–C–N with tert-alkyl or cyclic N) is 1. The van der Waals surface area contributed by atoms with Gasteiger partial charge in [-0.25, -0.2) is 0 Å². The molecule has 21 heavy (non-hydrogen) atoms. The summed E-state index contributed by atoms with van der Waals surface area (Å²) < 4.78 is 10.6. The van der Waals surface area contributed by atoms with E-state index in [0.717, 1.165) is 37.0 Å². The average molecular weight is 293 g/mol. The van der Waals surface area contributed by atoms with Crippen LogP contribution in [-0.2, 0) is 0 Å². The van der Waals surface area contributed by atoms with E-state index in [0.29, 0.717) is 12.3 Å². The summed E-state index contributed by atoms with van der Waals surface area (Å²) in [6.45, 7) is 0.793. The summed E-state index contributed by atoms with van der Waals surface area (Å²) >= 11 is 0. The molecule has 0 aromatic heterocycles. The highest BCUT2D eigenvalue weighted by Crippen LogP contribution is 2.34. The summed E-state index contributed by atoms with van der Waals surface area (Å²) in [5.74, 6) is 1.40. The summed E-state index contributed by atoms with van der Waals surface area (Å²) in [5.41, 5.74) is 0.575. The Morgan fingerprint density at radius 1 is 1.14 bits per heavy atom. The first-order valence-corrected chi connectivity index (χ1v) is 7.66. The fourth-order valence-corrected chi connectivity index (χ4v) is 3.17. The Balaban J connectivity index is 1.62. The molecular formula is C16H23NO4. The topological polar surface area (TPSA) is 71.0 Å². The minimum Gasteiger partial charge on any atom is -0.454 e. The number of rotatable bonds is 5. The van der Waals surface area contributed by atoms with E-state index < -0.39 is 6.10 Å². The van der Waals surface area contributed by atoms with Gasteiger partial charge in [0, 0.05) is 12.1 Å². The molecule has 0 saturated heterocycles. The molecule has 0 radical (unpaired) electrons. The minimum absolute atomic E-state index is 0.126. The Morgan fingerprint density at radius 2 is 1.90 bits per heavy atom. The van der Waals surface area contributed by atoms with Crippen LogP contribution in [0.2, 0.25) is 0 Å². The van der Waals surface area contributed by atoms with Crippen LogP contribution in [-0.4, -0.2) is 35.7 Å². The number of benzene rings is 1. The van der Waals surface area contributed by atoms with Crippen LogP contribution in [0.15, 0.2) is 18.2 Å². The maximum atomic E-state index is 10.4. The van der Waals surface area contributed by atoms with E-state index in [1.807, 2.05) is 18.2 Å². The van der Waals surface area contributed by atoms with E-state index in [2.05, 4.69) is 5.32 Å². The molecule has 2 aliphatic rings. The van der Waals surface area contributed by atoms with Gasteiger partial charge in [0.25, 0.3) is 0 Å². The van der Waals surface area contributed by atoms with E-state index in [9.17, 15) is 10.2 Å². The summed E-state index contributed by atoms with van der Waals surface area (Å²) in [6.07, 6.45) is 4.81. The van der Waals surface area contributed by atoms with Crippen molar-refractivity contribution in [3.63, 3.8) is 0 Å². The number of aliphatic hydroxyl groups is 2. The summed E-state index contributed by atoms with van der Waals surface area (Å²) in [6, 6.07) is 5.50. The van der Waals surface area contributed by atoms with Crippen molar-refractivity contribution in [2.24, 2.45) is 0 Å². The largest absolute Gasteiger partial charge is 0.454 e. The Labute approximate surface area is 124 Å². The number of nitrogens with one attached hydrogen (secondary N) is 1. The molecule has 1 atom stereocenters. The number of hydrogen-bond acceptors (Lipinski definition) is 5. The quantitative estimate of drug-likeness (QED) is 0.771. The van der Waals surface area contributed by atoms with Crippen molar-refractivity contribution in [2.75, 3.05) is 19.9 Å². The second-order valence-corrected chi connectivity index (χ2v) is 6.01. The molecule has 0 spiro atoms. The SMILES string of the molecule is OCC1(NCC(O)c2ccc3c(c2)OCO3)CCCCC1. The number of fused-ring (bicyclic) bond motifs is 1. The van der Waals surface area contributed by atoms with Crippen LogP contribution in [0.25, 0.3) is 0 Å². The molecule has 0 bridgehead atoms. The first-order chi connectivity index (χ1) is 10.2. The van der Waals surface area contributed by atoms with E-state index in [1.54, 1.807) is 0 Å². The van der Waals surface area contributed by atoms with Crippen molar-refractivity contribution in [3.8, 4) is 11.5 Å². The molecule has 1 saturated carbocycles. The zero-order valence-corrected chi connectivity index (χ0v) is 12.2. The monoisotopic (exact) mass is 293 g/mol. The van der Waals surface area contributed by atoms with E-state index >= 15 is 0 Å². The molecule has 1 aromatic carbocycles.